The minimum absolute atomic E-state index is 0.0273. The van der Waals surface area contributed by atoms with Crippen molar-refractivity contribution in [2.75, 3.05) is 13.2 Å². The summed E-state index contributed by atoms with van der Waals surface area (Å²) in [7, 11) is 0. The van der Waals surface area contributed by atoms with Crippen molar-refractivity contribution in [2.24, 2.45) is 5.92 Å². The molecule has 2 atom stereocenters. The minimum atomic E-state index is 0.0273. The molecule has 1 aliphatic rings. The molecule has 2 rings (SSSR count). The van der Waals surface area contributed by atoms with Crippen LogP contribution in [0.1, 0.15) is 31.7 Å². The maximum absolute atomic E-state index is 12.0. The van der Waals surface area contributed by atoms with Crippen molar-refractivity contribution in [3.63, 3.8) is 0 Å². The largest absolute Gasteiger partial charge is 0.494 e. The number of aliphatic hydroxyl groups is 1. The Hall–Kier alpha value is -1.55. The van der Waals surface area contributed by atoms with Crippen LogP contribution in [-0.2, 0) is 11.2 Å². The summed E-state index contributed by atoms with van der Waals surface area (Å²) < 4.78 is 5.37. The monoisotopic (exact) mass is 277 g/mol. The molecule has 0 bridgehead atoms. The lowest BCUT2D eigenvalue weighted by molar-refractivity contribution is -0.121. The van der Waals surface area contributed by atoms with Crippen molar-refractivity contribution in [3.8, 4) is 5.75 Å². The quantitative estimate of drug-likeness (QED) is 0.835. The van der Waals surface area contributed by atoms with Gasteiger partial charge in [0, 0.05) is 18.6 Å². The second-order valence-corrected chi connectivity index (χ2v) is 5.30. The first kappa shape index (κ1) is 14.9. The predicted molar refractivity (Wildman–Crippen MR) is 77.7 cm³/mol. The van der Waals surface area contributed by atoms with Crippen LogP contribution in [-0.4, -0.2) is 30.3 Å². The third kappa shape index (κ3) is 3.97. The van der Waals surface area contributed by atoms with Crippen LogP contribution in [0.3, 0.4) is 0 Å². The van der Waals surface area contributed by atoms with Crippen LogP contribution in [0.25, 0.3) is 0 Å². The van der Waals surface area contributed by atoms with Gasteiger partial charge >= 0.3 is 0 Å². The van der Waals surface area contributed by atoms with E-state index in [1.807, 2.05) is 31.2 Å². The molecule has 0 heterocycles. The number of nitrogens with one attached hydrogen (secondary N) is 1. The minimum Gasteiger partial charge on any atom is -0.494 e. The Kier molecular flexibility index (Phi) is 5.41. The zero-order chi connectivity index (χ0) is 14.4. The summed E-state index contributed by atoms with van der Waals surface area (Å²) in [5.74, 6) is 1.08. The van der Waals surface area contributed by atoms with Crippen LogP contribution in [0.5, 0.6) is 5.75 Å². The molecule has 2 N–H and O–H groups in total. The SMILES string of the molecule is CCOc1ccc(CC(=O)NC2CCCC2CO)cc1. The summed E-state index contributed by atoms with van der Waals surface area (Å²) in [4.78, 5) is 12.0. The molecule has 4 heteroatoms. The van der Waals surface area contributed by atoms with Crippen LogP contribution >= 0.6 is 0 Å². The summed E-state index contributed by atoms with van der Waals surface area (Å²) in [5, 5.41) is 12.3. The average Bonchev–Trinajstić information content (AvgIpc) is 2.88. The lowest BCUT2D eigenvalue weighted by Crippen LogP contribution is -2.39. The molecule has 1 aliphatic carbocycles. The first-order chi connectivity index (χ1) is 9.72. The van der Waals surface area contributed by atoms with Gasteiger partial charge < -0.3 is 15.2 Å². The highest BCUT2D eigenvalue weighted by atomic mass is 16.5. The lowest BCUT2D eigenvalue weighted by Gasteiger charge is -2.19. The van der Waals surface area contributed by atoms with Crippen LogP contribution in [0.15, 0.2) is 24.3 Å². The fourth-order valence-electron chi connectivity index (χ4n) is 2.76. The van der Waals surface area contributed by atoms with Crippen molar-refractivity contribution < 1.29 is 14.6 Å². The first-order valence-electron chi connectivity index (χ1n) is 7.35. The zero-order valence-corrected chi connectivity index (χ0v) is 12.0. The van der Waals surface area contributed by atoms with Gasteiger partial charge in [0.15, 0.2) is 0 Å². The normalized spacial score (nSPS) is 21.7. The number of hydrogen-bond acceptors (Lipinski definition) is 3. The Morgan fingerprint density at radius 1 is 1.35 bits per heavy atom. The van der Waals surface area contributed by atoms with Gasteiger partial charge in [0.25, 0.3) is 0 Å². The van der Waals surface area contributed by atoms with E-state index in [4.69, 9.17) is 4.74 Å². The van der Waals surface area contributed by atoms with Crippen LogP contribution in [0.2, 0.25) is 0 Å². The highest BCUT2D eigenvalue weighted by molar-refractivity contribution is 5.79. The summed E-state index contributed by atoms with van der Waals surface area (Å²) in [6.07, 6.45) is 3.44. The average molecular weight is 277 g/mol. The molecule has 1 aromatic rings. The Morgan fingerprint density at radius 3 is 2.75 bits per heavy atom. The molecule has 0 aliphatic heterocycles. The van der Waals surface area contributed by atoms with Gasteiger partial charge in [0.05, 0.1) is 13.0 Å². The molecule has 0 radical (unpaired) electrons. The van der Waals surface area contributed by atoms with Gasteiger partial charge in [0.1, 0.15) is 5.75 Å². The Morgan fingerprint density at radius 2 is 2.10 bits per heavy atom. The lowest BCUT2D eigenvalue weighted by atomic mass is 10.0. The van der Waals surface area contributed by atoms with E-state index in [0.29, 0.717) is 13.0 Å². The van der Waals surface area contributed by atoms with Crippen LogP contribution < -0.4 is 10.1 Å². The molecule has 1 amide bonds. The number of amides is 1. The molecular formula is C16H23NO3. The van der Waals surface area contributed by atoms with Crippen molar-refractivity contribution >= 4 is 5.91 Å². The van der Waals surface area contributed by atoms with E-state index in [1.54, 1.807) is 0 Å². The number of hydrogen-bond donors (Lipinski definition) is 2. The van der Waals surface area contributed by atoms with E-state index in [9.17, 15) is 9.90 Å². The van der Waals surface area contributed by atoms with Gasteiger partial charge in [-0.25, -0.2) is 0 Å². The van der Waals surface area contributed by atoms with Crippen LogP contribution in [0.4, 0.5) is 0 Å². The third-order valence-corrected chi connectivity index (χ3v) is 3.84. The molecular weight excluding hydrogens is 254 g/mol. The summed E-state index contributed by atoms with van der Waals surface area (Å²) >= 11 is 0. The van der Waals surface area contributed by atoms with Gasteiger partial charge in [0.2, 0.25) is 5.91 Å². The molecule has 0 saturated heterocycles. The van der Waals surface area contributed by atoms with E-state index in [0.717, 1.165) is 30.6 Å². The number of carbonyl (C=O) groups excluding carboxylic acids is 1. The number of carbonyl (C=O) groups is 1. The fraction of sp³-hybridized carbons (Fsp3) is 0.562. The molecule has 1 saturated carbocycles. The maximum Gasteiger partial charge on any atom is 0.224 e. The molecule has 1 aromatic carbocycles. The predicted octanol–water partition coefficient (Wildman–Crippen LogP) is 1.90. The smallest absolute Gasteiger partial charge is 0.224 e. The molecule has 1 fully saturated rings. The zero-order valence-electron chi connectivity index (χ0n) is 12.0. The summed E-state index contributed by atoms with van der Waals surface area (Å²) in [6.45, 7) is 2.75. The second-order valence-electron chi connectivity index (χ2n) is 5.30. The Labute approximate surface area is 120 Å². The van der Waals surface area contributed by atoms with E-state index < -0.39 is 0 Å². The van der Waals surface area contributed by atoms with Gasteiger partial charge in [-0.1, -0.05) is 18.6 Å². The number of aliphatic hydroxyl groups excluding tert-OH is 1. The van der Waals surface area contributed by atoms with Crippen molar-refractivity contribution in [1.29, 1.82) is 0 Å². The Bertz CT molecular complexity index is 430. The number of benzene rings is 1. The van der Waals surface area contributed by atoms with Crippen molar-refractivity contribution in [1.82, 2.24) is 5.32 Å². The number of ether oxygens (including phenoxy) is 1. The van der Waals surface area contributed by atoms with Gasteiger partial charge in [-0.2, -0.15) is 0 Å². The van der Waals surface area contributed by atoms with E-state index in [1.165, 1.54) is 0 Å². The highest BCUT2D eigenvalue weighted by Crippen LogP contribution is 2.25. The molecule has 0 spiro atoms. The van der Waals surface area contributed by atoms with Crippen molar-refractivity contribution in [2.45, 2.75) is 38.6 Å². The van der Waals surface area contributed by atoms with Gasteiger partial charge in [-0.3, -0.25) is 4.79 Å². The molecule has 110 valence electrons. The highest BCUT2D eigenvalue weighted by Gasteiger charge is 2.27. The van der Waals surface area contributed by atoms with Crippen LogP contribution in [0, 0.1) is 5.92 Å². The summed E-state index contributed by atoms with van der Waals surface area (Å²) in [6, 6.07) is 7.75. The van der Waals surface area contributed by atoms with Gasteiger partial charge in [-0.15, -0.1) is 0 Å². The van der Waals surface area contributed by atoms with Gasteiger partial charge in [-0.05, 0) is 37.5 Å². The standard InChI is InChI=1S/C16H23NO3/c1-2-20-14-8-6-12(7-9-14)10-16(19)17-15-5-3-4-13(15)11-18/h6-9,13,15,18H,2-5,10-11H2,1H3,(H,17,19). The number of rotatable bonds is 6. The molecule has 2 unspecified atom stereocenters. The van der Waals surface area contributed by atoms with E-state index in [-0.39, 0.29) is 24.5 Å². The van der Waals surface area contributed by atoms with Crippen molar-refractivity contribution in [3.05, 3.63) is 29.8 Å². The third-order valence-electron chi connectivity index (χ3n) is 3.84. The molecule has 0 aromatic heterocycles. The fourth-order valence-corrected chi connectivity index (χ4v) is 2.76. The first-order valence-corrected chi connectivity index (χ1v) is 7.35. The maximum atomic E-state index is 12.0. The molecule has 4 nitrogen and oxygen atoms in total. The Balaban J connectivity index is 1.84. The van der Waals surface area contributed by atoms with E-state index in [2.05, 4.69) is 5.32 Å². The topological polar surface area (TPSA) is 58.6 Å². The molecule has 20 heavy (non-hydrogen) atoms. The van der Waals surface area contributed by atoms with E-state index >= 15 is 0 Å². The summed E-state index contributed by atoms with van der Waals surface area (Å²) in [5.41, 5.74) is 0.976. The second kappa shape index (κ2) is 7.29.